The van der Waals surface area contributed by atoms with Gasteiger partial charge in [-0.1, -0.05) is 13.8 Å². The number of hydrogen-bond acceptors (Lipinski definition) is 8. The molecule has 0 bridgehead atoms. The number of hydrogen-bond donors (Lipinski definition) is 9. The van der Waals surface area contributed by atoms with Gasteiger partial charge in [0.15, 0.2) is 5.96 Å². The van der Waals surface area contributed by atoms with Gasteiger partial charge in [-0.3, -0.25) is 29.0 Å². The van der Waals surface area contributed by atoms with Gasteiger partial charge in [-0.2, -0.15) is 0 Å². The van der Waals surface area contributed by atoms with Crippen molar-refractivity contribution < 1.29 is 39.0 Å². The highest BCUT2D eigenvalue weighted by Crippen LogP contribution is 2.09. The fourth-order valence-corrected chi connectivity index (χ4v) is 3.26. The van der Waals surface area contributed by atoms with Crippen LogP contribution in [0.25, 0.3) is 0 Å². The normalized spacial score (nSPS) is 13.9. The summed E-state index contributed by atoms with van der Waals surface area (Å²) in [7, 11) is 0. The summed E-state index contributed by atoms with van der Waals surface area (Å²) in [5.41, 5.74) is 21.4. The van der Waals surface area contributed by atoms with E-state index in [1.807, 2.05) is 0 Å². The lowest BCUT2D eigenvalue weighted by Crippen LogP contribution is -2.57. The van der Waals surface area contributed by atoms with Crippen molar-refractivity contribution in [1.29, 1.82) is 0 Å². The van der Waals surface area contributed by atoms with Gasteiger partial charge in [-0.05, 0) is 38.0 Å². The summed E-state index contributed by atoms with van der Waals surface area (Å²) in [5.74, 6) is -5.99. The first-order valence-corrected chi connectivity index (χ1v) is 12.1. The topological polar surface area (TPSA) is 295 Å². The van der Waals surface area contributed by atoms with Gasteiger partial charge in [0.1, 0.15) is 18.1 Å². The number of rotatable bonds is 19. The molecule has 13 N–H and O–H groups in total. The Kier molecular flexibility index (Phi) is 15.7. The molecule has 216 valence electrons. The standard InChI is InChI=1S/C22H40N8O8/c1-11(2)10-15(20(36)29-14(21(37)38)5-7-16(24)31)30-19(35)13(6-8-17(32)33)28-18(34)12(23)4-3-9-27-22(25)26/h11-15H,3-10,23H2,1-2H3,(H2,24,31)(H,28,34)(H,29,36)(H,30,35)(H,32,33)(H,37,38)(H4,25,26,27). The fourth-order valence-electron chi connectivity index (χ4n) is 3.26. The number of aliphatic carboxylic acids is 2. The Hall–Kier alpha value is -3.95. The minimum Gasteiger partial charge on any atom is -0.481 e. The van der Waals surface area contributed by atoms with Gasteiger partial charge in [0.25, 0.3) is 0 Å². The van der Waals surface area contributed by atoms with E-state index in [9.17, 15) is 33.9 Å². The number of nitrogens with one attached hydrogen (secondary N) is 3. The van der Waals surface area contributed by atoms with Crippen molar-refractivity contribution in [2.24, 2.45) is 33.8 Å². The molecule has 0 fully saturated rings. The number of guanidine groups is 1. The molecule has 38 heavy (non-hydrogen) atoms. The molecule has 0 radical (unpaired) electrons. The van der Waals surface area contributed by atoms with Crippen LogP contribution >= 0.6 is 0 Å². The second kappa shape index (κ2) is 17.5. The van der Waals surface area contributed by atoms with E-state index in [4.69, 9.17) is 28.0 Å². The summed E-state index contributed by atoms with van der Waals surface area (Å²) in [6, 6.07) is -5.02. The first kappa shape index (κ1) is 34.0. The number of nitrogens with two attached hydrogens (primary N) is 4. The minimum absolute atomic E-state index is 0.101. The molecule has 0 aliphatic rings. The smallest absolute Gasteiger partial charge is 0.326 e. The monoisotopic (exact) mass is 544 g/mol. The van der Waals surface area contributed by atoms with Crippen LogP contribution in [-0.4, -0.2) is 82.5 Å². The molecule has 0 rings (SSSR count). The summed E-state index contributed by atoms with van der Waals surface area (Å²) >= 11 is 0. The highest BCUT2D eigenvalue weighted by molar-refractivity contribution is 5.94. The zero-order valence-corrected chi connectivity index (χ0v) is 21.6. The van der Waals surface area contributed by atoms with E-state index in [1.165, 1.54) is 0 Å². The van der Waals surface area contributed by atoms with Crippen molar-refractivity contribution in [3.05, 3.63) is 0 Å². The molecule has 0 saturated heterocycles. The summed E-state index contributed by atoms with van der Waals surface area (Å²) in [6.45, 7) is 3.76. The van der Waals surface area contributed by atoms with Gasteiger partial charge in [-0.15, -0.1) is 0 Å². The predicted molar refractivity (Wildman–Crippen MR) is 136 cm³/mol. The molecule has 16 nitrogen and oxygen atoms in total. The van der Waals surface area contributed by atoms with E-state index in [0.29, 0.717) is 6.42 Å². The molecular formula is C22H40N8O8. The van der Waals surface area contributed by atoms with Gasteiger partial charge in [-0.25, -0.2) is 4.79 Å². The van der Waals surface area contributed by atoms with Gasteiger partial charge >= 0.3 is 11.9 Å². The van der Waals surface area contributed by atoms with E-state index >= 15 is 0 Å². The second-order valence-corrected chi connectivity index (χ2v) is 9.14. The van der Waals surface area contributed by atoms with Crippen LogP contribution in [0.4, 0.5) is 0 Å². The highest BCUT2D eigenvalue weighted by atomic mass is 16.4. The van der Waals surface area contributed by atoms with Crippen LogP contribution in [0.3, 0.4) is 0 Å². The average Bonchev–Trinajstić information content (AvgIpc) is 2.80. The molecule has 16 heteroatoms. The van der Waals surface area contributed by atoms with Crippen LogP contribution in [0.15, 0.2) is 4.99 Å². The highest BCUT2D eigenvalue weighted by Gasteiger charge is 2.31. The van der Waals surface area contributed by atoms with Crippen molar-refractivity contribution in [1.82, 2.24) is 16.0 Å². The molecule has 0 aliphatic heterocycles. The molecule has 0 heterocycles. The Bertz CT molecular complexity index is 875. The zero-order valence-electron chi connectivity index (χ0n) is 21.6. The molecule has 4 atom stereocenters. The van der Waals surface area contributed by atoms with Crippen molar-refractivity contribution in [2.45, 2.75) is 83.0 Å². The number of carboxylic acids is 2. The van der Waals surface area contributed by atoms with Gasteiger partial charge < -0.3 is 49.1 Å². The molecule has 0 aromatic carbocycles. The lowest BCUT2D eigenvalue weighted by atomic mass is 10.0. The molecule has 0 aliphatic carbocycles. The first-order valence-electron chi connectivity index (χ1n) is 12.1. The summed E-state index contributed by atoms with van der Waals surface area (Å²) in [5, 5.41) is 25.6. The Morgan fingerprint density at radius 3 is 1.79 bits per heavy atom. The number of carboxylic acid groups (broad SMARTS) is 2. The fraction of sp³-hybridized carbons (Fsp3) is 0.682. The maximum Gasteiger partial charge on any atom is 0.326 e. The number of primary amides is 1. The SMILES string of the molecule is CC(C)CC(NC(=O)C(CCC(=O)O)NC(=O)C(N)CCCN=C(N)N)C(=O)NC(CCC(N)=O)C(=O)O. The van der Waals surface area contributed by atoms with Crippen molar-refractivity contribution >= 4 is 41.5 Å². The van der Waals surface area contributed by atoms with Crippen LogP contribution in [-0.2, 0) is 28.8 Å². The second-order valence-electron chi connectivity index (χ2n) is 9.14. The molecular weight excluding hydrogens is 504 g/mol. The number of carbonyl (C=O) groups excluding carboxylic acids is 4. The van der Waals surface area contributed by atoms with E-state index in [1.54, 1.807) is 13.8 Å². The molecule has 0 aromatic heterocycles. The summed E-state index contributed by atoms with van der Waals surface area (Å²) in [4.78, 5) is 75.8. The minimum atomic E-state index is -1.43. The maximum atomic E-state index is 13.0. The third-order valence-electron chi connectivity index (χ3n) is 5.22. The summed E-state index contributed by atoms with van der Waals surface area (Å²) in [6.07, 6.45) is -0.645. The van der Waals surface area contributed by atoms with Crippen LogP contribution in [0.1, 0.15) is 58.8 Å². The van der Waals surface area contributed by atoms with Crippen molar-refractivity contribution in [3.63, 3.8) is 0 Å². The number of nitrogens with zero attached hydrogens (tertiary/aromatic N) is 1. The number of aliphatic imine (C=N–C) groups is 1. The number of amides is 4. The van der Waals surface area contributed by atoms with E-state index in [0.717, 1.165) is 0 Å². The van der Waals surface area contributed by atoms with E-state index in [-0.39, 0.29) is 50.5 Å². The Labute approximate surface area is 220 Å². The van der Waals surface area contributed by atoms with Crippen LogP contribution in [0.5, 0.6) is 0 Å². The van der Waals surface area contributed by atoms with E-state index < -0.39 is 66.2 Å². The maximum absolute atomic E-state index is 13.0. The molecule has 0 aromatic rings. The van der Waals surface area contributed by atoms with Gasteiger partial charge in [0.05, 0.1) is 6.04 Å². The third-order valence-corrected chi connectivity index (χ3v) is 5.22. The molecule has 4 amide bonds. The largest absolute Gasteiger partial charge is 0.481 e. The van der Waals surface area contributed by atoms with Crippen molar-refractivity contribution in [3.8, 4) is 0 Å². The van der Waals surface area contributed by atoms with Crippen LogP contribution in [0.2, 0.25) is 0 Å². The average molecular weight is 545 g/mol. The Morgan fingerprint density at radius 1 is 0.763 bits per heavy atom. The lowest BCUT2D eigenvalue weighted by molar-refractivity contribution is -0.142. The van der Waals surface area contributed by atoms with E-state index in [2.05, 4.69) is 20.9 Å². The first-order chi connectivity index (χ1) is 17.6. The molecule has 4 unspecified atom stereocenters. The van der Waals surface area contributed by atoms with Crippen LogP contribution in [0, 0.1) is 5.92 Å². The summed E-state index contributed by atoms with van der Waals surface area (Å²) < 4.78 is 0. The van der Waals surface area contributed by atoms with Gasteiger partial charge in [0.2, 0.25) is 23.6 Å². The predicted octanol–water partition coefficient (Wildman–Crippen LogP) is -2.92. The molecule has 0 saturated carbocycles. The third kappa shape index (κ3) is 15.2. The Balaban J connectivity index is 5.51. The Morgan fingerprint density at radius 2 is 1.29 bits per heavy atom. The van der Waals surface area contributed by atoms with Gasteiger partial charge in [0, 0.05) is 19.4 Å². The quantitative estimate of drug-likeness (QED) is 0.0450. The van der Waals surface area contributed by atoms with Crippen LogP contribution < -0.4 is 38.9 Å². The lowest BCUT2D eigenvalue weighted by Gasteiger charge is -2.26. The number of carbonyl (C=O) groups is 6. The van der Waals surface area contributed by atoms with Crippen molar-refractivity contribution in [2.75, 3.05) is 6.54 Å². The zero-order chi connectivity index (χ0) is 29.4. The molecule has 0 spiro atoms.